The van der Waals surface area contributed by atoms with E-state index in [2.05, 4.69) is 0 Å². The first kappa shape index (κ1) is 14.2. The highest BCUT2D eigenvalue weighted by molar-refractivity contribution is 4.91. The van der Waals surface area contributed by atoms with E-state index >= 15 is 0 Å². The lowest BCUT2D eigenvalue weighted by Gasteiger charge is -2.40. The van der Waals surface area contributed by atoms with E-state index in [1.54, 1.807) is 0 Å². The minimum absolute atomic E-state index is 0.00712. The maximum absolute atomic E-state index is 6.13. The van der Waals surface area contributed by atoms with Gasteiger partial charge in [0.25, 0.3) is 0 Å². The summed E-state index contributed by atoms with van der Waals surface area (Å²) in [6.45, 7) is 6.66. The van der Waals surface area contributed by atoms with E-state index in [4.69, 9.17) is 24.7 Å². The number of hydrogen-bond donors (Lipinski definition) is 1. The average molecular weight is 259 g/mol. The van der Waals surface area contributed by atoms with Gasteiger partial charge in [0, 0.05) is 25.5 Å². The van der Waals surface area contributed by atoms with Crippen molar-refractivity contribution in [1.82, 2.24) is 0 Å². The Bertz CT molecular complexity index is 255. The van der Waals surface area contributed by atoms with Crippen molar-refractivity contribution < 1.29 is 18.9 Å². The Morgan fingerprint density at radius 3 is 2.78 bits per heavy atom. The van der Waals surface area contributed by atoms with Crippen LogP contribution in [0, 0.1) is 0 Å². The third-order valence-corrected chi connectivity index (χ3v) is 3.63. The number of nitrogens with two attached hydrogens (primary N) is 1. The van der Waals surface area contributed by atoms with Crippen molar-refractivity contribution in [2.24, 2.45) is 5.73 Å². The fourth-order valence-electron chi connectivity index (χ4n) is 2.66. The van der Waals surface area contributed by atoms with Crippen molar-refractivity contribution in [3.63, 3.8) is 0 Å². The number of ether oxygens (including phenoxy) is 4. The van der Waals surface area contributed by atoms with Crippen molar-refractivity contribution in [2.45, 2.75) is 57.1 Å². The van der Waals surface area contributed by atoms with Crippen LogP contribution < -0.4 is 5.73 Å². The summed E-state index contributed by atoms with van der Waals surface area (Å²) in [6.07, 6.45) is 2.52. The molecule has 1 saturated carbocycles. The van der Waals surface area contributed by atoms with Crippen LogP contribution in [-0.2, 0) is 18.9 Å². The van der Waals surface area contributed by atoms with Crippen LogP contribution in [0.5, 0.6) is 0 Å². The summed E-state index contributed by atoms with van der Waals surface area (Å²) in [6, 6.07) is 0.0625. The normalized spacial score (nSPS) is 32.8. The van der Waals surface area contributed by atoms with Gasteiger partial charge in [-0.15, -0.1) is 0 Å². The summed E-state index contributed by atoms with van der Waals surface area (Å²) < 4.78 is 22.8. The Kier molecular flexibility index (Phi) is 4.98. The molecule has 1 aliphatic carbocycles. The molecule has 0 aromatic heterocycles. The molecule has 0 bridgehead atoms. The highest BCUT2D eigenvalue weighted by Crippen LogP contribution is 2.36. The topological polar surface area (TPSA) is 62.9 Å². The summed E-state index contributed by atoms with van der Waals surface area (Å²) in [5.74, 6) is -0.439. The second-order valence-corrected chi connectivity index (χ2v) is 5.16. The first-order chi connectivity index (χ1) is 8.65. The Balaban J connectivity index is 1.85. The predicted molar refractivity (Wildman–Crippen MR) is 67.3 cm³/mol. The molecule has 2 aliphatic rings. The molecule has 106 valence electrons. The van der Waals surface area contributed by atoms with E-state index in [0.29, 0.717) is 26.4 Å². The van der Waals surface area contributed by atoms with Crippen LogP contribution in [-0.4, -0.2) is 50.5 Å². The van der Waals surface area contributed by atoms with Gasteiger partial charge < -0.3 is 24.7 Å². The molecule has 0 radical (unpaired) electrons. The first-order valence-corrected chi connectivity index (χ1v) is 6.92. The Labute approximate surface area is 109 Å². The SMILES string of the molecule is CCOCC(C)OC1CC2(CCC1N)OCCO2. The molecule has 1 spiro atoms. The van der Waals surface area contributed by atoms with E-state index < -0.39 is 5.79 Å². The molecule has 2 fully saturated rings. The maximum Gasteiger partial charge on any atom is 0.171 e. The van der Waals surface area contributed by atoms with Crippen LogP contribution in [0.2, 0.25) is 0 Å². The number of hydrogen-bond acceptors (Lipinski definition) is 5. The zero-order chi connectivity index (χ0) is 13.0. The molecular weight excluding hydrogens is 234 g/mol. The highest BCUT2D eigenvalue weighted by Gasteiger charge is 2.45. The average Bonchev–Trinajstić information content (AvgIpc) is 2.80. The van der Waals surface area contributed by atoms with E-state index in [-0.39, 0.29) is 18.2 Å². The summed E-state index contributed by atoms with van der Waals surface area (Å²) in [5, 5.41) is 0. The predicted octanol–water partition coefficient (Wildman–Crippen LogP) is 1.05. The third kappa shape index (κ3) is 3.42. The number of rotatable bonds is 5. The quantitative estimate of drug-likeness (QED) is 0.799. The third-order valence-electron chi connectivity index (χ3n) is 3.63. The largest absolute Gasteiger partial charge is 0.379 e. The van der Waals surface area contributed by atoms with Gasteiger partial charge in [0.1, 0.15) is 0 Å². The zero-order valence-corrected chi connectivity index (χ0v) is 11.4. The minimum Gasteiger partial charge on any atom is -0.379 e. The Morgan fingerprint density at radius 2 is 2.11 bits per heavy atom. The monoisotopic (exact) mass is 259 g/mol. The van der Waals surface area contributed by atoms with Gasteiger partial charge >= 0.3 is 0 Å². The molecule has 18 heavy (non-hydrogen) atoms. The van der Waals surface area contributed by atoms with E-state index in [0.717, 1.165) is 19.3 Å². The van der Waals surface area contributed by atoms with Gasteiger partial charge in [0.15, 0.2) is 5.79 Å². The van der Waals surface area contributed by atoms with Crippen LogP contribution in [0.4, 0.5) is 0 Å². The van der Waals surface area contributed by atoms with Crippen LogP contribution in [0.15, 0.2) is 0 Å². The summed E-state index contributed by atoms with van der Waals surface area (Å²) >= 11 is 0. The molecule has 2 rings (SSSR count). The molecule has 0 amide bonds. The molecule has 1 aliphatic heterocycles. The molecule has 1 saturated heterocycles. The van der Waals surface area contributed by atoms with Crippen LogP contribution >= 0.6 is 0 Å². The second-order valence-electron chi connectivity index (χ2n) is 5.16. The molecular formula is C13H25NO4. The van der Waals surface area contributed by atoms with Gasteiger partial charge in [-0.3, -0.25) is 0 Å². The molecule has 3 unspecified atom stereocenters. The maximum atomic E-state index is 6.13. The second kappa shape index (κ2) is 6.30. The van der Waals surface area contributed by atoms with Crippen LogP contribution in [0.3, 0.4) is 0 Å². The van der Waals surface area contributed by atoms with Crippen molar-refractivity contribution >= 4 is 0 Å². The minimum atomic E-state index is -0.439. The summed E-state index contributed by atoms with van der Waals surface area (Å²) in [5.41, 5.74) is 6.13. The van der Waals surface area contributed by atoms with E-state index in [1.165, 1.54) is 0 Å². The smallest absolute Gasteiger partial charge is 0.171 e. The Hall–Kier alpha value is -0.200. The van der Waals surface area contributed by atoms with Crippen molar-refractivity contribution in [1.29, 1.82) is 0 Å². The van der Waals surface area contributed by atoms with Crippen molar-refractivity contribution in [3.8, 4) is 0 Å². The molecule has 5 nitrogen and oxygen atoms in total. The standard InChI is InChI=1S/C13H25NO4/c1-3-15-9-10(2)18-12-8-13(5-4-11(12)14)16-6-7-17-13/h10-12H,3-9,14H2,1-2H3. The lowest BCUT2D eigenvalue weighted by atomic mass is 9.88. The van der Waals surface area contributed by atoms with Gasteiger partial charge in [-0.25, -0.2) is 0 Å². The van der Waals surface area contributed by atoms with Gasteiger partial charge in [-0.2, -0.15) is 0 Å². The summed E-state index contributed by atoms with van der Waals surface area (Å²) in [4.78, 5) is 0. The molecule has 3 atom stereocenters. The van der Waals surface area contributed by atoms with Gasteiger partial charge in [-0.05, 0) is 20.3 Å². The molecule has 1 heterocycles. The molecule has 0 aromatic carbocycles. The zero-order valence-electron chi connectivity index (χ0n) is 11.4. The molecule has 2 N–H and O–H groups in total. The van der Waals surface area contributed by atoms with E-state index in [1.807, 2.05) is 13.8 Å². The first-order valence-electron chi connectivity index (χ1n) is 6.92. The lowest BCUT2D eigenvalue weighted by Crippen LogP contribution is -2.51. The van der Waals surface area contributed by atoms with Gasteiger partial charge in [0.2, 0.25) is 0 Å². The van der Waals surface area contributed by atoms with E-state index in [9.17, 15) is 0 Å². The van der Waals surface area contributed by atoms with Crippen LogP contribution in [0.25, 0.3) is 0 Å². The van der Waals surface area contributed by atoms with Gasteiger partial charge in [0.05, 0.1) is 32.0 Å². The fraction of sp³-hybridized carbons (Fsp3) is 1.00. The van der Waals surface area contributed by atoms with Gasteiger partial charge in [-0.1, -0.05) is 0 Å². The lowest BCUT2D eigenvalue weighted by molar-refractivity contribution is -0.212. The highest BCUT2D eigenvalue weighted by atomic mass is 16.7. The Morgan fingerprint density at radius 1 is 1.39 bits per heavy atom. The summed E-state index contributed by atoms with van der Waals surface area (Å²) in [7, 11) is 0. The van der Waals surface area contributed by atoms with Crippen LogP contribution in [0.1, 0.15) is 33.1 Å². The molecule has 5 heteroatoms. The fourth-order valence-corrected chi connectivity index (χ4v) is 2.66. The molecule has 0 aromatic rings. The van der Waals surface area contributed by atoms with Crippen molar-refractivity contribution in [3.05, 3.63) is 0 Å². The van der Waals surface area contributed by atoms with Crippen molar-refractivity contribution in [2.75, 3.05) is 26.4 Å².